The van der Waals surface area contributed by atoms with E-state index in [9.17, 15) is 0 Å². The van der Waals surface area contributed by atoms with Crippen LogP contribution >= 0.6 is 0 Å². The second-order valence-electron chi connectivity index (χ2n) is 10.6. The van der Waals surface area contributed by atoms with E-state index in [1.807, 2.05) is 0 Å². The summed E-state index contributed by atoms with van der Waals surface area (Å²) in [7, 11) is 0. The Kier molecular flexibility index (Phi) is 8.93. The molecule has 4 nitrogen and oxygen atoms in total. The van der Waals surface area contributed by atoms with Crippen molar-refractivity contribution in [3.8, 4) is 0 Å². The van der Waals surface area contributed by atoms with Crippen molar-refractivity contribution in [1.82, 2.24) is 4.98 Å². The maximum absolute atomic E-state index is 4.77. The Labute approximate surface area is 229 Å². The number of pyridine rings is 3. The number of nitrogens with one attached hydrogen (secondary N) is 1. The first-order chi connectivity index (χ1) is 18.3. The molecule has 0 atom stereocenters. The van der Waals surface area contributed by atoms with Crippen LogP contribution in [0.15, 0.2) is 61.2 Å². The fourth-order valence-electron chi connectivity index (χ4n) is 5.95. The Balaban J connectivity index is 1.90. The standard InChI is InChI=1S/C34H44N4/c1-8-28-31(19-35-34-18-26(6)17-27(7)36-34)29(9-2)33(23-38-16-12-14-25(5)21-38)30(10-3)32(28)22-37-15-11-13-24(4)20-37/h11-18,20-21H,8-10,19,22-23H2,1-7H3,(H,35,36)/q+2. The average Bonchev–Trinajstić information content (AvgIpc) is 2.87. The lowest BCUT2D eigenvalue weighted by atomic mass is 9.83. The Morgan fingerprint density at radius 3 is 1.58 bits per heavy atom. The highest BCUT2D eigenvalue weighted by molar-refractivity contribution is 5.53. The molecule has 4 heteroatoms. The van der Waals surface area contributed by atoms with Crippen LogP contribution in [0.25, 0.3) is 0 Å². The Hall–Kier alpha value is -3.53. The van der Waals surface area contributed by atoms with E-state index in [0.717, 1.165) is 50.4 Å². The largest absolute Gasteiger partial charge is 0.366 e. The summed E-state index contributed by atoms with van der Waals surface area (Å²) < 4.78 is 4.70. The number of rotatable bonds is 10. The van der Waals surface area contributed by atoms with Gasteiger partial charge < -0.3 is 5.32 Å². The van der Waals surface area contributed by atoms with Crippen LogP contribution in [-0.2, 0) is 38.9 Å². The topological polar surface area (TPSA) is 32.7 Å². The summed E-state index contributed by atoms with van der Waals surface area (Å²) in [4.78, 5) is 4.77. The molecule has 0 bridgehead atoms. The minimum Gasteiger partial charge on any atom is -0.366 e. The van der Waals surface area contributed by atoms with Crippen LogP contribution in [0.2, 0.25) is 0 Å². The average molecular weight is 509 g/mol. The fourth-order valence-corrected chi connectivity index (χ4v) is 5.95. The molecule has 38 heavy (non-hydrogen) atoms. The van der Waals surface area contributed by atoms with Gasteiger partial charge in [-0.15, -0.1) is 0 Å². The smallest absolute Gasteiger partial charge is 0.174 e. The molecule has 0 radical (unpaired) electrons. The van der Waals surface area contributed by atoms with E-state index >= 15 is 0 Å². The highest BCUT2D eigenvalue weighted by Gasteiger charge is 2.25. The van der Waals surface area contributed by atoms with Gasteiger partial charge in [0.25, 0.3) is 0 Å². The highest BCUT2D eigenvalue weighted by Crippen LogP contribution is 2.31. The SMILES string of the molecule is CCc1c(CNc2cc(C)cc(C)n2)c(CC)c(C[n+]2cccc(C)c2)c(CC)c1C[n+]1cccc(C)c1. The summed E-state index contributed by atoms with van der Waals surface area (Å²) >= 11 is 0. The van der Waals surface area contributed by atoms with Crippen LogP contribution in [0.1, 0.15) is 76.5 Å². The molecule has 0 saturated heterocycles. The molecule has 0 unspecified atom stereocenters. The molecule has 1 N–H and O–H groups in total. The van der Waals surface area contributed by atoms with Crippen molar-refractivity contribution in [2.24, 2.45) is 0 Å². The molecule has 0 spiro atoms. The van der Waals surface area contributed by atoms with Gasteiger partial charge in [-0.3, -0.25) is 0 Å². The van der Waals surface area contributed by atoms with Crippen molar-refractivity contribution in [3.63, 3.8) is 0 Å². The van der Waals surface area contributed by atoms with E-state index in [4.69, 9.17) is 4.98 Å². The lowest BCUT2D eigenvalue weighted by molar-refractivity contribution is -0.689. The van der Waals surface area contributed by atoms with Crippen LogP contribution in [-0.4, -0.2) is 4.98 Å². The van der Waals surface area contributed by atoms with Crippen molar-refractivity contribution in [1.29, 1.82) is 0 Å². The summed E-state index contributed by atoms with van der Waals surface area (Å²) in [5.41, 5.74) is 13.8. The highest BCUT2D eigenvalue weighted by atomic mass is 15.0. The predicted molar refractivity (Wildman–Crippen MR) is 157 cm³/mol. The molecule has 1 aromatic carbocycles. The van der Waals surface area contributed by atoms with Gasteiger partial charge in [-0.25, -0.2) is 14.1 Å². The second-order valence-corrected chi connectivity index (χ2v) is 10.6. The van der Waals surface area contributed by atoms with Gasteiger partial charge in [-0.05, 0) is 99.0 Å². The molecule has 0 fully saturated rings. The first kappa shape index (κ1) is 27.5. The summed E-state index contributed by atoms with van der Waals surface area (Å²) in [6, 6.07) is 12.9. The van der Waals surface area contributed by atoms with Gasteiger partial charge in [0, 0.05) is 46.6 Å². The van der Waals surface area contributed by atoms with Crippen LogP contribution in [0.3, 0.4) is 0 Å². The first-order valence-corrected chi connectivity index (χ1v) is 14.1. The van der Waals surface area contributed by atoms with E-state index in [2.05, 4.69) is 124 Å². The Bertz CT molecular complexity index is 1320. The van der Waals surface area contributed by atoms with Gasteiger partial charge in [0.1, 0.15) is 5.82 Å². The molecule has 0 aliphatic carbocycles. The van der Waals surface area contributed by atoms with E-state index in [-0.39, 0.29) is 0 Å². The minimum atomic E-state index is 0.781. The maximum Gasteiger partial charge on any atom is 0.174 e. The lowest BCUT2D eigenvalue weighted by Crippen LogP contribution is -2.37. The number of aryl methyl sites for hydroxylation is 4. The quantitative estimate of drug-likeness (QED) is 0.256. The molecule has 3 aromatic heterocycles. The third-order valence-corrected chi connectivity index (χ3v) is 7.48. The molecular formula is C34H44N4+2. The third-order valence-electron chi connectivity index (χ3n) is 7.48. The maximum atomic E-state index is 4.77. The van der Waals surface area contributed by atoms with E-state index in [0.29, 0.717) is 0 Å². The molecule has 4 aromatic rings. The van der Waals surface area contributed by atoms with Crippen LogP contribution in [0, 0.1) is 27.7 Å². The van der Waals surface area contributed by atoms with E-state index in [1.54, 1.807) is 0 Å². The molecule has 198 valence electrons. The van der Waals surface area contributed by atoms with E-state index < -0.39 is 0 Å². The van der Waals surface area contributed by atoms with Crippen molar-refractivity contribution in [2.45, 2.75) is 87.4 Å². The molecule has 0 aliphatic rings. The first-order valence-electron chi connectivity index (χ1n) is 14.1. The lowest BCUT2D eigenvalue weighted by Gasteiger charge is -2.24. The minimum absolute atomic E-state index is 0.781. The van der Waals surface area contributed by atoms with Gasteiger partial charge in [0.05, 0.1) is 0 Å². The molecule has 0 aliphatic heterocycles. The van der Waals surface area contributed by atoms with Gasteiger partial charge >= 0.3 is 0 Å². The molecule has 0 amide bonds. The number of nitrogens with zero attached hydrogens (tertiary/aromatic N) is 3. The molecule has 3 heterocycles. The van der Waals surface area contributed by atoms with Crippen molar-refractivity contribution in [3.05, 3.63) is 117 Å². The third kappa shape index (κ3) is 6.30. The number of hydrogen-bond acceptors (Lipinski definition) is 2. The molecule has 0 saturated carbocycles. The predicted octanol–water partition coefficient (Wildman–Crippen LogP) is 6.29. The van der Waals surface area contributed by atoms with Gasteiger partial charge in [-0.1, -0.05) is 20.8 Å². The van der Waals surface area contributed by atoms with Crippen molar-refractivity contribution < 1.29 is 9.13 Å². The van der Waals surface area contributed by atoms with Gasteiger partial charge in [0.15, 0.2) is 37.9 Å². The normalized spacial score (nSPS) is 11.1. The summed E-state index contributed by atoms with van der Waals surface area (Å²) in [6.07, 6.45) is 12.0. The van der Waals surface area contributed by atoms with E-state index in [1.165, 1.54) is 50.1 Å². The van der Waals surface area contributed by atoms with Crippen molar-refractivity contribution in [2.75, 3.05) is 5.32 Å². The fraction of sp³-hybridized carbons (Fsp3) is 0.382. The zero-order valence-electron chi connectivity index (χ0n) is 24.4. The van der Waals surface area contributed by atoms with Gasteiger partial charge in [-0.2, -0.15) is 0 Å². The molecule has 4 rings (SSSR count). The summed E-state index contributed by atoms with van der Waals surface area (Å²) in [5, 5.41) is 3.71. The van der Waals surface area contributed by atoms with Crippen molar-refractivity contribution >= 4 is 5.82 Å². The Morgan fingerprint density at radius 1 is 0.632 bits per heavy atom. The summed E-state index contributed by atoms with van der Waals surface area (Å²) in [5.74, 6) is 0.954. The summed E-state index contributed by atoms with van der Waals surface area (Å²) in [6.45, 7) is 18.0. The number of benzene rings is 1. The second kappa shape index (κ2) is 12.3. The zero-order valence-corrected chi connectivity index (χ0v) is 24.4. The van der Waals surface area contributed by atoms with Crippen LogP contribution in [0.4, 0.5) is 5.82 Å². The monoisotopic (exact) mass is 508 g/mol. The van der Waals surface area contributed by atoms with Crippen LogP contribution in [0.5, 0.6) is 0 Å². The molecular weight excluding hydrogens is 464 g/mol. The van der Waals surface area contributed by atoms with Gasteiger partial charge in [0.2, 0.25) is 0 Å². The Morgan fingerprint density at radius 2 is 1.13 bits per heavy atom. The zero-order chi connectivity index (χ0) is 27.2. The number of anilines is 1. The van der Waals surface area contributed by atoms with Crippen LogP contribution < -0.4 is 14.5 Å². The number of hydrogen-bond donors (Lipinski definition) is 1. The number of aromatic nitrogens is 3.